The summed E-state index contributed by atoms with van der Waals surface area (Å²) in [7, 11) is 0. The minimum atomic E-state index is 0.250. The summed E-state index contributed by atoms with van der Waals surface area (Å²) in [6.07, 6.45) is 1.14. The fraction of sp³-hybridized carbons (Fsp3) is 1.00. The maximum Gasteiger partial charge on any atom is 0.0555 e. The molecule has 0 bridgehead atoms. The molecule has 0 heterocycles. The summed E-state index contributed by atoms with van der Waals surface area (Å²) >= 11 is 0. The summed E-state index contributed by atoms with van der Waals surface area (Å²) in [5.41, 5.74) is 0. The molecule has 0 aromatic heterocycles. The molecule has 0 saturated heterocycles. The molecule has 2 N–H and O–H groups in total. The van der Waals surface area contributed by atoms with Gasteiger partial charge in [-0.2, -0.15) is 0 Å². The molecular weight excluding hydrogens is 138 g/mol. The molecule has 0 aromatic rings. The van der Waals surface area contributed by atoms with Gasteiger partial charge < -0.3 is 10.4 Å². The molecule has 0 aliphatic rings. The van der Waals surface area contributed by atoms with Crippen molar-refractivity contribution in [3.05, 3.63) is 0 Å². The average molecular weight is 163 g/mol. The van der Waals surface area contributed by atoms with E-state index in [0.29, 0.717) is 0 Å². The molecule has 0 aliphatic carbocycles. The minimum Gasteiger partial charge on any atom is -0.395 e. The van der Waals surface area contributed by atoms with Crippen LogP contribution in [-0.2, 0) is 0 Å². The van der Waals surface area contributed by atoms with Gasteiger partial charge in [0.1, 0.15) is 0 Å². The van der Waals surface area contributed by atoms with E-state index >= 15 is 0 Å². The van der Waals surface area contributed by atoms with Crippen LogP contribution in [0.4, 0.5) is 0 Å². The predicted octanol–water partition coefficient (Wildman–Crippen LogP) is 2.03. The Morgan fingerprint density at radius 3 is 1.73 bits per heavy atom. The molecule has 0 fully saturated rings. The van der Waals surface area contributed by atoms with Crippen LogP contribution in [0.25, 0.3) is 0 Å². The Hall–Kier alpha value is -0.0800. The summed E-state index contributed by atoms with van der Waals surface area (Å²) in [6, 6.07) is 0. The second-order valence-electron chi connectivity index (χ2n) is 1.47. The second kappa shape index (κ2) is 32.6. The first-order valence-electron chi connectivity index (χ1n) is 4.73. The highest BCUT2D eigenvalue weighted by Gasteiger charge is 1.77. The summed E-state index contributed by atoms with van der Waals surface area (Å²) in [5.74, 6) is 0. The van der Waals surface area contributed by atoms with Crippen molar-refractivity contribution in [1.82, 2.24) is 5.32 Å². The van der Waals surface area contributed by atoms with E-state index in [4.69, 9.17) is 5.11 Å². The van der Waals surface area contributed by atoms with Gasteiger partial charge in [0.25, 0.3) is 0 Å². The van der Waals surface area contributed by atoms with Crippen molar-refractivity contribution in [1.29, 1.82) is 0 Å². The van der Waals surface area contributed by atoms with Gasteiger partial charge in [0.05, 0.1) is 6.61 Å². The third-order valence-corrected chi connectivity index (χ3v) is 0.715. The van der Waals surface area contributed by atoms with Gasteiger partial charge in [0.15, 0.2) is 0 Å². The maximum atomic E-state index is 8.23. The van der Waals surface area contributed by atoms with Crippen molar-refractivity contribution in [3.8, 4) is 0 Å². The molecule has 0 atom stereocenters. The van der Waals surface area contributed by atoms with Gasteiger partial charge in [0, 0.05) is 6.54 Å². The number of hydrogen-bond acceptors (Lipinski definition) is 2. The lowest BCUT2D eigenvalue weighted by molar-refractivity contribution is 0.292. The first kappa shape index (κ1) is 17.1. The van der Waals surface area contributed by atoms with Crippen LogP contribution < -0.4 is 5.32 Å². The number of rotatable bonds is 4. The van der Waals surface area contributed by atoms with Crippen LogP contribution in [0.3, 0.4) is 0 Å². The third kappa shape index (κ3) is 40.5. The minimum absolute atomic E-state index is 0.250. The molecule has 0 aliphatic heterocycles. The highest BCUT2D eigenvalue weighted by molar-refractivity contribution is 4.39. The zero-order valence-corrected chi connectivity index (χ0v) is 8.78. The van der Waals surface area contributed by atoms with Crippen LogP contribution in [0.2, 0.25) is 0 Å². The van der Waals surface area contributed by atoms with Gasteiger partial charge in [-0.25, -0.2) is 0 Å². The van der Waals surface area contributed by atoms with Gasteiger partial charge in [-0.3, -0.25) is 0 Å². The zero-order valence-electron chi connectivity index (χ0n) is 8.78. The molecule has 0 unspecified atom stereocenters. The summed E-state index contributed by atoms with van der Waals surface area (Å²) in [6.45, 7) is 12.1. The van der Waals surface area contributed by atoms with Crippen molar-refractivity contribution in [3.63, 3.8) is 0 Å². The Morgan fingerprint density at radius 1 is 1.00 bits per heavy atom. The number of hydrogen-bond donors (Lipinski definition) is 2. The van der Waals surface area contributed by atoms with E-state index in [1.54, 1.807) is 0 Å². The highest BCUT2D eigenvalue weighted by atomic mass is 16.3. The first-order chi connectivity index (χ1) is 5.41. The molecule has 0 rings (SSSR count). The Bertz CT molecular complexity index is 28.7. The first-order valence-corrected chi connectivity index (χ1v) is 4.73. The lowest BCUT2D eigenvalue weighted by atomic mass is 10.5. The summed E-state index contributed by atoms with van der Waals surface area (Å²) < 4.78 is 0. The van der Waals surface area contributed by atoms with E-state index in [0.717, 1.165) is 19.5 Å². The van der Waals surface area contributed by atoms with E-state index in [1.165, 1.54) is 0 Å². The smallest absolute Gasteiger partial charge is 0.0555 e. The molecule has 2 nitrogen and oxygen atoms in total. The van der Waals surface area contributed by atoms with E-state index in [9.17, 15) is 0 Å². The van der Waals surface area contributed by atoms with Crippen molar-refractivity contribution in [2.45, 2.75) is 41.0 Å². The van der Waals surface area contributed by atoms with E-state index < -0.39 is 0 Å². The lowest BCUT2D eigenvalue weighted by Crippen LogP contribution is -2.18. The molecule has 2 heteroatoms. The van der Waals surface area contributed by atoms with Crippen LogP contribution in [0, 0.1) is 0 Å². The van der Waals surface area contributed by atoms with Gasteiger partial charge in [-0.15, -0.1) is 0 Å². The predicted molar refractivity (Wildman–Crippen MR) is 52.9 cm³/mol. The number of aliphatic hydroxyl groups is 1. The average Bonchev–Trinajstić information content (AvgIpc) is 2.13. The van der Waals surface area contributed by atoms with Crippen LogP contribution in [0.1, 0.15) is 41.0 Å². The van der Waals surface area contributed by atoms with Crippen LogP contribution >= 0.6 is 0 Å². The molecule has 11 heavy (non-hydrogen) atoms. The molecule has 0 radical (unpaired) electrons. The Labute approximate surface area is 72.0 Å². The van der Waals surface area contributed by atoms with E-state index in [2.05, 4.69) is 12.2 Å². The van der Waals surface area contributed by atoms with Gasteiger partial charge >= 0.3 is 0 Å². The molecular formula is C9H25NO. The quantitative estimate of drug-likeness (QED) is 0.622. The summed E-state index contributed by atoms with van der Waals surface area (Å²) in [5, 5.41) is 11.3. The fourth-order valence-corrected chi connectivity index (χ4v) is 0.381. The Kier molecular flexibility index (Phi) is 50.8. The van der Waals surface area contributed by atoms with Gasteiger partial charge in [-0.1, -0.05) is 34.6 Å². The summed E-state index contributed by atoms with van der Waals surface area (Å²) in [4.78, 5) is 0. The zero-order chi connectivity index (χ0) is 9.54. The van der Waals surface area contributed by atoms with E-state index in [-0.39, 0.29) is 6.61 Å². The lowest BCUT2D eigenvalue weighted by Gasteiger charge is -1.95. The van der Waals surface area contributed by atoms with Crippen molar-refractivity contribution in [2.75, 3.05) is 19.7 Å². The van der Waals surface area contributed by atoms with Gasteiger partial charge in [0.2, 0.25) is 0 Å². The van der Waals surface area contributed by atoms with Crippen LogP contribution in [0.5, 0.6) is 0 Å². The largest absolute Gasteiger partial charge is 0.395 e. The molecule has 0 saturated carbocycles. The Morgan fingerprint density at radius 2 is 1.45 bits per heavy atom. The molecule has 0 spiro atoms. The number of aliphatic hydroxyl groups excluding tert-OH is 1. The van der Waals surface area contributed by atoms with Crippen LogP contribution in [0.15, 0.2) is 0 Å². The maximum absolute atomic E-state index is 8.23. The monoisotopic (exact) mass is 163 g/mol. The van der Waals surface area contributed by atoms with Gasteiger partial charge in [-0.05, 0) is 13.0 Å². The molecule has 0 amide bonds. The third-order valence-electron chi connectivity index (χ3n) is 0.715. The van der Waals surface area contributed by atoms with E-state index in [1.807, 2.05) is 27.7 Å². The van der Waals surface area contributed by atoms with Crippen molar-refractivity contribution in [2.24, 2.45) is 0 Å². The SMILES string of the molecule is CC.CC.CCCNCCO. The fourth-order valence-electron chi connectivity index (χ4n) is 0.381. The normalized spacial score (nSPS) is 7.09. The molecule has 72 valence electrons. The highest BCUT2D eigenvalue weighted by Crippen LogP contribution is 1.66. The number of nitrogens with one attached hydrogen (secondary N) is 1. The second-order valence-corrected chi connectivity index (χ2v) is 1.47. The van der Waals surface area contributed by atoms with Crippen LogP contribution in [-0.4, -0.2) is 24.8 Å². The Balaban J connectivity index is -0.000000138. The van der Waals surface area contributed by atoms with Crippen molar-refractivity contribution >= 4 is 0 Å². The standard InChI is InChI=1S/C5H13NO.2C2H6/c1-2-3-6-4-5-7;2*1-2/h6-7H,2-5H2,1H3;2*1-2H3. The topological polar surface area (TPSA) is 32.3 Å². The van der Waals surface area contributed by atoms with Crippen molar-refractivity contribution < 1.29 is 5.11 Å². The molecule has 0 aromatic carbocycles.